The standard InChI is InChI=1S/C25H27N5O/c1-15(2)22-12-18(23-8-9-27-29-23)6-7-21(22)25(31)30(5)20-13-24(26-14-20)19-10-16(3)28-17(4)11-19/h6-13,15H,14H2,1-5H3,(H,27,29). The number of amides is 1. The van der Waals surface area contributed by atoms with E-state index in [1.165, 1.54) is 0 Å². The van der Waals surface area contributed by atoms with E-state index in [1.54, 1.807) is 11.1 Å². The number of pyridine rings is 1. The Morgan fingerprint density at radius 2 is 1.81 bits per heavy atom. The lowest BCUT2D eigenvalue weighted by Crippen LogP contribution is -2.28. The number of aromatic nitrogens is 3. The number of carbonyl (C=O) groups is 1. The van der Waals surface area contributed by atoms with E-state index in [0.29, 0.717) is 12.1 Å². The molecule has 0 aliphatic carbocycles. The van der Waals surface area contributed by atoms with Gasteiger partial charge in [0.1, 0.15) is 0 Å². The average molecular weight is 414 g/mol. The fourth-order valence-corrected chi connectivity index (χ4v) is 3.91. The third-order valence-corrected chi connectivity index (χ3v) is 5.54. The second-order valence-electron chi connectivity index (χ2n) is 8.27. The van der Waals surface area contributed by atoms with Crippen LogP contribution in [0.3, 0.4) is 0 Å². The molecule has 1 N–H and O–H groups in total. The van der Waals surface area contributed by atoms with Crippen molar-refractivity contribution in [2.75, 3.05) is 13.6 Å². The van der Waals surface area contributed by atoms with Crippen molar-refractivity contribution in [2.45, 2.75) is 33.6 Å². The SMILES string of the molecule is Cc1cc(C2=NCC(N(C)C(=O)c3ccc(-c4ccn[nH]4)cc3C(C)C)=C2)cc(C)n1. The van der Waals surface area contributed by atoms with Crippen molar-refractivity contribution in [1.82, 2.24) is 20.1 Å². The van der Waals surface area contributed by atoms with Crippen LogP contribution in [0.5, 0.6) is 0 Å². The van der Waals surface area contributed by atoms with Gasteiger partial charge < -0.3 is 4.90 Å². The molecule has 3 heterocycles. The number of rotatable bonds is 5. The number of nitrogens with zero attached hydrogens (tertiary/aromatic N) is 4. The molecule has 0 radical (unpaired) electrons. The topological polar surface area (TPSA) is 74.2 Å². The van der Waals surface area contributed by atoms with Gasteiger partial charge in [0.25, 0.3) is 5.91 Å². The van der Waals surface area contributed by atoms with Crippen LogP contribution < -0.4 is 0 Å². The molecular formula is C25H27N5O. The quantitative estimate of drug-likeness (QED) is 0.660. The monoisotopic (exact) mass is 413 g/mol. The van der Waals surface area contributed by atoms with Gasteiger partial charge in [0.05, 0.1) is 18.0 Å². The Labute approximate surface area is 182 Å². The average Bonchev–Trinajstić information content (AvgIpc) is 3.44. The number of benzene rings is 1. The first-order chi connectivity index (χ1) is 14.8. The van der Waals surface area contributed by atoms with Gasteiger partial charge in [-0.1, -0.05) is 19.9 Å². The molecule has 0 saturated carbocycles. The number of nitrogens with one attached hydrogen (secondary N) is 1. The van der Waals surface area contributed by atoms with Crippen LogP contribution in [0.1, 0.15) is 52.6 Å². The first-order valence-electron chi connectivity index (χ1n) is 10.5. The first kappa shape index (κ1) is 20.7. The number of carbonyl (C=O) groups excluding carboxylic acids is 1. The van der Waals surface area contributed by atoms with E-state index in [9.17, 15) is 4.79 Å². The van der Waals surface area contributed by atoms with Crippen LogP contribution in [-0.4, -0.2) is 45.3 Å². The van der Waals surface area contributed by atoms with Gasteiger partial charge in [-0.25, -0.2) is 0 Å². The molecule has 0 fully saturated rings. The maximum atomic E-state index is 13.4. The zero-order chi connectivity index (χ0) is 22.1. The summed E-state index contributed by atoms with van der Waals surface area (Å²) in [7, 11) is 1.82. The maximum Gasteiger partial charge on any atom is 0.258 e. The fourth-order valence-electron chi connectivity index (χ4n) is 3.91. The molecule has 0 spiro atoms. The highest BCUT2D eigenvalue weighted by molar-refractivity contribution is 6.11. The fraction of sp³-hybridized carbons (Fsp3) is 0.280. The van der Waals surface area contributed by atoms with Crippen molar-refractivity contribution in [3.05, 3.63) is 82.4 Å². The molecule has 1 aromatic carbocycles. The summed E-state index contributed by atoms with van der Waals surface area (Å²) in [5, 5.41) is 7.02. The Hall–Kier alpha value is -3.54. The number of allylic oxidation sites excluding steroid dienone is 1. The largest absolute Gasteiger partial charge is 0.313 e. The number of aliphatic imine (C=N–C) groups is 1. The van der Waals surface area contributed by atoms with Crippen LogP contribution in [0.2, 0.25) is 0 Å². The van der Waals surface area contributed by atoms with Crippen molar-refractivity contribution in [3.63, 3.8) is 0 Å². The molecule has 0 saturated heterocycles. The minimum Gasteiger partial charge on any atom is -0.313 e. The number of aryl methyl sites for hydroxylation is 2. The minimum atomic E-state index is -0.0235. The van der Waals surface area contributed by atoms with Gasteiger partial charge in [0, 0.05) is 41.5 Å². The zero-order valence-electron chi connectivity index (χ0n) is 18.6. The molecule has 0 bridgehead atoms. The van der Waals surface area contributed by atoms with Gasteiger partial charge in [-0.15, -0.1) is 0 Å². The molecule has 1 amide bonds. The van der Waals surface area contributed by atoms with Crippen molar-refractivity contribution in [2.24, 2.45) is 4.99 Å². The number of likely N-dealkylation sites (N-methyl/N-ethyl adjacent to an activating group) is 1. The normalized spacial score (nSPS) is 13.4. The van der Waals surface area contributed by atoms with Gasteiger partial charge in [0.2, 0.25) is 0 Å². The second kappa shape index (κ2) is 8.30. The van der Waals surface area contributed by atoms with E-state index >= 15 is 0 Å². The molecule has 0 unspecified atom stereocenters. The summed E-state index contributed by atoms with van der Waals surface area (Å²) in [6.45, 7) is 8.65. The van der Waals surface area contributed by atoms with Gasteiger partial charge in [-0.3, -0.25) is 19.9 Å². The Kier molecular flexibility index (Phi) is 5.55. The summed E-state index contributed by atoms with van der Waals surface area (Å²) in [5.41, 5.74) is 8.43. The van der Waals surface area contributed by atoms with Crippen LogP contribution in [0.4, 0.5) is 0 Å². The summed E-state index contributed by atoms with van der Waals surface area (Å²) in [4.78, 5) is 24.2. The van der Waals surface area contributed by atoms with Crippen LogP contribution in [0.15, 0.2) is 59.4 Å². The molecule has 4 rings (SSSR count). The Morgan fingerprint density at radius 3 is 2.45 bits per heavy atom. The van der Waals surface area contributed by atoms with Crippen molar-refractivity contribution in [3.8, 4) is 11.3 Å². The second-order valence-corrected chi connectivity index (χ2v) is 8.27. The summed E-state index contributed by atoms with van der Waals surface area (Å²) in [6.07, 6.45) is 3.73. The first-order valence-corrected chi connectivity index (χ1v) is 10.5. The van der Waals surface area contributed by atoms with Crippen molar-refractivity contribution >= 4 is 11.6 Å². The number of hydrogen-bond acceptors (Lipinski definition) is 4. The van der Waals surface area contributed by atoms with Crippen LogP contribution in [-0.2, 0) is 0 Å². The molecular weight excluding hydrogens is 386 g/mol. The van der Waals surface area contributed by atoms with Crippen molar-refractivity contribution < 1.29 is 4.79 Å². The van der Waals surface area contributed by atoms with Gasteiger partial charge in [-0.05, 0) is 67.3 Å². The van der Waals surface area contributed by atoms with E-state index in [0.717, 1.165) is 45.2 Å². The number of hydrogen-bond donors (Lipinski definition) is 1. The third-order valence-electron chi connectivity index (χ3n) is 5.54. The van der Waals surface area contributed by atoms with E-state index in [1.807, 2.05) is 57.3 Å². The van der Waals surface area contributed by atoms with Crippen LogP contribution in [0.25, 0.3) is 11.3 Å². The third kappa shape index (κ3) is 4.19. The lowest BCUT2D eigenvalue weighted by molar-refractivity contribution is 0.0834. The van der Waals surface area contributed by atoms with Crippen LogP contribution in [0, 0.1) is 13.8 Å². The van der Waals surface area contributed by atoms with Crippen molar-refractivity contribution in [1.29, 1.82) is 0 Å². The number of H-pyrrole nitrogens is 1. The lowest BCUT2D eigenvalue weighted by atomic mass is 9.93. The van der Waals surface area contributed by atoms with E-state index in [2.05, 4.69) is 40.1 Å². The number of aromatic amines is 1. The highest BCUT2D eigenvalue weighted by Crippen LogP contribution is 2.28. The minimum absolute atomic E-state index is 0.0235. The highest BCUT2D eigenvalue weighted by atomic mass is 16.2. The molecule has 3 aromatic rings. The van der Waals surface area contributed by atoms with E-state index in [-0.39, 0.29) is 11.8 Å². The smallest absolute Gasteiger partial charge is 0.258 e. The van der Waals surface area contributed by atoms with Gasteiger partial charge >= 0.3 is 0 Å². The molecule has 2 aromatic heterocycles. The Morgan fingerprint density at radius 1 is 1.06 bits per heavy atom. The molecule has 6 nitrogen and oxygen atoms in total. The molecule has 6 heteroatoms. The van der Waals surface area contributed by atoms with Gasteiger partial charge in [0.15, 0.2) is 0 Å². The molecule has 31 heavy (non-hydrogen) atoms. The van der Waals surface area contributed by atoms with E-state index < -0.39 is 0 Å². The highest BCUT2D eigenvalue weighted by Gasteiger charge is 2.23. The molecule has 1 aliphatic rings. The summed E-state index contributed by atoms with van der Waals surface area (Å²) < 4.78 is 0. The summed E-state index contributed by atoms with van der Waals surface area (Å²) in [6, 6.07) is 11.9. The molecule has 1 aliphatic heterocycles. The Bertz CT molecular complexity index is 1170. The summed E-state index contributed by atoms with van der Waals surface area (Å²) in [5.74, 6) is 0.187. The van der Waals surface area contributed by atoms with Gasteiger partial charge in [-0.2, -0.15) is 5.10 Å². The Balaban J connectivity index is 1.61. The zero-order valence-corrected chi connectivity index (χ0v) is 18.6. The molecule has 158 valence electrons. The maximum absolute atomic E-state index is 13.4. The summed E-state index contributed by atoms with van der Waals surface area (Å²) >= 11 is 0. The predicted octanol–water partition coefficient (Wildman–Crippen LogP) is 4.67. The lowest BCUT2D eigenvalue weighted by Gasteiger charge is -2.21. The van der Waals surface area contributed by atoms with Crippen LogP contribution >= 0.6 is 0 Å². The van der Waals surface area contributed by atoms with E-state index in [4.69, 9.17) is 0 Å². The predicted molar refractivity (Wildman–Crippen MR) is 123 cm³/mol. The molecule has 0 atom stereocenters.